The zero-order chi connectivity index (χ0) is 16.3. The van der Waals surface area contributed by atoms with E-state index < -0.39 is 12.1 Å². The largest absolute Gasteiger partial charge is 0.386 e. The first-order chi connectivity index (χ1) is 10.4. The van der Waals surface area contributed by atoms with Gasteiger partial charge in [0.1, 0.15) is 12.4 Å². The molecule has 7 heteroatoms. The Bertz CT molecular complexity index is 708. The molecule has 0 aliphatic carbocycles. The molecule has 5 nitrogen and oxygen atoms in total. The number of hydrogen-bond donors (Lipinski definition) is 2. The Morgan fingerprint density at radius 3 is 2.59 bits per heavy atom. The minimum atomic E-state index is -0.954. The minimum Gasteiger partial charge on any atom is -0.386 e. The number of halogens is 1. The molecule has 1 aromatic heterocycles. The summed E-state index contributed by atoms with van der Waals surface area (Å²) in [6, 6.07) is 4.88. The van der Waals surface area contributed by atoms with Crippen LogP contribution in [0.25, 0.3) is 0 Å². The van der Waals surface area contributed by atoms with Gasteiger partial charge in [-0.25, -0.2) is 4.39 Å². The van der Waals surface area contributed by atoms with Crippen molar-refractivity contribution in [2.24, 2.45) is 0 Å². The van der Waals surface area contributed by atoms with Crippen molar-refractivity contribution in [3.63, 3.8) is 0 Å². The fourth-order valence-corrected chi connectivity index (χ4v) is 2.80. The van der Waals surface area contributed by atoms with Crippen molar-refractivity contribution in [2.45, 2.75) is 32.5 Å². The van der Waals surface area contributed by atoms with Gasteiger partial charge in [0.2, 0.25) is 5.91 Å². The Labute approximate surface area is 131 Å². The second kappa shape index (κ2) is 6.85. The summed E-state index contributed by atoms with van der Waals surface area (Å²) < 4.78 is 14.2. The van der Waals surface area contributed by atoms with Gasteiger partial charge >= 0.3 is 4.87 Å². The van der Waals surface area contributed by atoms with Gasteiger partial charge in [0.05, 0.1) is 12.1 Å². The van der Waals surface area contributed by atoms with E-state index in [0.29, 0.717) is 5.56 Å². The van der Waals surface area contributed by atoms with E-state index in [1.54, 1.807) is 19.2 Å². The van der Waals surface area contributed by atoms with Crippen LogP contribution in [0.3, 0.4) is 0 Å². The van der Waals surface area contributed by atoms with E-state index in [9.17, 15) is 19.1 Å². The molecule has 0 spiro atoms. The molecule has 2 aromatic rings. The van der Waals surface area contributed by atoms with Crippen LogP contribution in [0, 0.1) is 12.7 Å². The Kier molecular flexibility index (Phi) is 5.10. The van der Waals surface area contributed by atoms with E-state index in [1.807, 2.05) is 0 Å². The molecular weight excluding hydrogens is 307 g/mol. The molecule has 2 atom stereocenters. The lowest BCUT2D eigenvalue weighted by atomic mass is 10.0. The van der Waals surface area contributed by atoms with Crippen LogP contribution in [-0.4, -0.2) is 21.6 Å². The van der Waals surface area contributed by atoms with Crippen molar-refractivity contribution in [3.05, 3.63) is 56.4 Å². The van der Waals surface area contributed by atoms with E-state index in [0.717, 1.165) is 17.0 Å². The molecule has 118 valence electrons. The molecule has 0 saturated carbocycles. The molecule has 0 bridgehead atoms. The standard InChI is InChI=1S/C15H17FN2O3S/c1-9-8-22-15(21)18(9)7-13(19)17-10(2)14(20)11-3-5-12(16)6-4-11/h3-6,8,10,14,20H,7H2,1-2H3,(H,17,19). The third-order valence-electron chi connectivity index (χ3n) is 3.35. The van der Waals surface area contributed by atoms with Gasteiger partial charge in [-0.2, -0.15) is 0 Å². The van der Waals surface area contributed by atoms with Gasteiger partial charge in [-0.05, 0) is 31.5 Å². The van der Waals surface area contributed by atoms with Gasteiger partial charge in [0.25, 0.3) is 0 Å². The summed E-state index contributed by atoms with van der Waals surface area (Å²) in [4.78, 5) is 23.3. The summed E-state index contributed by atoms with van der Waals surface area (Å²) in [5, 5.41) is 14.5. The predicted molar refractivity (Wildman–Crippen MR) is 82.3 cm³/mol. The Morgan fingerprint density at radius 2 is 2.05 bits per heavy atom. The van der Waals surface area contributed by atoms with Crippen molar-refractivity contribution in [3.8, 4) is 0 Å². The summed E-state index contributed by atoms with van der Waals surface area (Å²) in [5.41, 5.74) is 1.23. The average molecular weight is 324 g/mol. The SMILES string of the molecule is Cc1csc(=O)n1CC(=O)NC(C)C(O)c1ccc(F)cc1. The molecule has 0 radical (unpaired) electrons. The van der Waals surface area contributed by atoms with Gasteiger partial charge in [-0.3, -0.25) is 14.2 Å². The molecule has 1 heterocycles. The number of aryl methyl sites for hydroxylation is 1. The summed E-state index contributed by atoms with van der Waals surface area (Å²) in [6.45, 7) is 3.31. The molecular formula is C15H17FN2O3S. The second-order valence-corrected chi connectivity index (χ2v) is 5.90. The van der Waals surface area contributed by atoms with Crippen LogP contribution >= 0.6 is 11.3 Å². The number of hydrogen-bond acceptors (Lipinski definition) is 4. The monoisotopic (exact) mass is 324 g/mol. The van der Waals surface area contributed by atoms with Crippen LogP contribution in [0.1, 0.15) is 24.3 Å². The molecule has 22 heavy (non-hydrogen) atoms. The second-order valence-electron chi connectivity index (χ2n) is 5.08. The number of aromatic nitrogens is 1. The number of carbonyl (C=O) groups is 1. The lowest BCUT2D eigenvalue weighted by Gasteiger charge is -2.21. The molecule has 2 N–H and O–H groups in total. The normalized spacial score (nSPS) is 13.6. The number of nitrogens with one attached hydrogen (secondary N) is 1. The summed E-state index contributed by atoms with van der Waals surface area (Å²) in [6.07, 6.45) is -0.954. The maximum absolute atomic E-state index is 12.9. The summed E-state index contributed by atoms with van der Waals surface area (Å²) in [7, 11) is 0. The lowest BCUT2D eigenvalue weighted by Crippen LogP contribution is -2.40. The zero-order valence-corrected chi connectivity index (χ0v) is 13.1. The Morgan fingerprint density at radius 1 is 1.41 bits per heavy atom. The highest BCUT2D eigenvalue weighted by atomic mass is 32.1. The van der Waals surface area contributed by atoms with Crippen LogP contribution in [0.2, 0.25) is 0 Å². The number of amides is 1. The smallest absolute Gasteiger partial charge is 0.307 e. The van der Waals surface area contributed by atoms with Crippen molar-refractivity contribution in [2.75, 3.05) is 0 Å². The Hall–Kier alpha value is -1.99. The van der Waals surface area contributed by atoms with Crippen LogP contribution in [-0.2, 0) is 11.3 Å². The molecule has 1 aromatic carbocycles. The summed E-state index contributed by atoms with van der Waals surface area (Å²) >= 11 is 1.04. The lowest BCUT2D eigenvalue weighted by molar-refractivity contribution is -0.123. The Balaban J connectivity index is 1.99. The molecule has 0 aliphatic rings. The van der Waals surface area contributed by atoms with Crippen LogP contribution in [0.5, 0.6) is 0 Å². The fraction of sp³-hybridized carbons (Fsp3) is 0.333. The minimum absolute atomic E-state index is 0.0886. The quantitative estimate of drug-likeness (QED) is 0.877. The predicted octanol–water partition coefficient (Wildman–Crippen LogP) is 1.60. The van der Waals surface area contributed by atoms with E-state index in [-0.39, 0.29) is 23.1 Å². The highest BCUT2D eigenvalue weighted by Gasteiger charge is 2.19. The molecule has 2 rings (SSSR count). The maximum Gasteiger partial charge on any atom is 0.307 e. The van der Waals surface area contributed by atoms with E-state index >= 15 is 0 Å². The molecule has 0 aliphatic heterocycles. The third-order valence-corrected chi connectivity index (χ3v) is 4.23. The highest BCUT2D eigenvalue weighted by molar-refractivity contribution is 7.07. The number of thiazole rings is 1. The van der Waals surface area contributed by atoms with Crippen molar-refractivity contribution >= 4 is 17.2 Å². The molecule has 0 saturated heterocycles. The third kappa shape index (κ3) is 3.80. The highest BCUT2D eigenvalue weighted by Crippen LogP contribution is 2.17. The van der Waals surface area contributed by atoms with E-state index in [1.165, 1.54) is 28.8 Å². The van der Waals surface area contributed by atoms with E-state index in [4.69, 9.17) is 0 Å². The van der Waals surface area contributed by atoms with Gasteiger partial charge in [0.15, 0.2) is 0 Å². The van der Waals surface area contributed by atoms with Gasteiger partial charge in [-0.15, -0.1) is 0 Å². The van der Waals surface area contributed by atoms with Gasteiger partial charge < -0.3 is 10.4 Å². The number of rotatable bonds is 5. The van der Waals surface area contributed by atoms with Crippen molar-refractivity contribution < 1.29 is 14.3 Å². The van der Waals surface area contributed by atoms with Crippen molar-refractivity contribution in [1.29, 1.82) is 0 Å². The maximum atomic E-state index is 12.9. The zero-order valence-electron chi connectivity index (χ0n) is 12.2. The number of aliphatic hydroxyl groups excluding tert-OH is 1. The van der Waals surface area contributed by atoms with Crippen LogP contribution in [0.15, 0.2) is 34.4 Å². The van der Waals surface area contributed by atoms with Crippen LogP contribution in [0.4, 0.5) is 4.39 Å². The first kappa shape index (κ1) is 16.4. The van der Waals surface area contributed by atoms with Gasteiger partial charge in [0, 0.05) is 11.1 Å². The van der Waals surface area contributed by atoms with E-state index in [2.05, 4.69) is 5.32 Å². The number of benzene rings is 1. The van der Waals surface area contributed by atoms with Crippen LogP contribution < -0.4 is 10.2 Å². The first-order valence-electron chi connectivity index (χ1n) is 6.76. The summed E-state index contributed by atoms with van der Waals surface area (Å²) in [5.74, 6) is -0.753. The van der Waals surface area contributed by atoms with Gasteiger partial charge in [-0.1, -0.05) is 23.5 Å². The fourth-order valence-electron chi connectivity index (χ4n) is 2.07. The number of aliphatic hydroxyl groups is 1. The number of carbonyl (C=O) groups excluding carboxylic acids is 1. The topological polar surface area (TPSA) is 71.3 Å². The molecule has 1 amide bonds. The molecule has 0 fully saturated rings. The first-order valence-corrected chi connectivity index (χ1v) is 7.64. The average Bonchev–Trinajstić information content (AvgIpc) is 2.79. The molecule has 2 unspecified atom stereocenters. The number of nitrogens with zero attached hydrogens (tertiary/aromatic N) is 1. The van der Waals surface area contributed by atoms with Crippen molar-refractivity contribution in [1.82, 2.24) is 9.88 Å².